The molecule has 0 aliphatic rings. The second-order valence-corrected chi connectivity index (χ2v) is 16.3. The average Bonchev–Trinajstić information content (AvgIpc) is 3.93. The summed E-state index contributed by atoms with van der Waals surface area (Å²) in [4.78, 5) is 3.02. The van der Waals surface area contributed by atoms with Crippen molar-refractivity contribution < 1.29 is 4.42 Å². The normalized spacial score (nSPS) is 10.2. The Balaban J connectivity index is -0.000000290. The second kappa shape index (κ2) is 33.8. The van der Waals surface area contributed by atoms with E-state index in [0.29, 0.717) is 47.3 Å². The van der Waals surface area contributed by atoms with E-state index in [0.717, 1.165) is 11.5 Å². The zero-order chi connectivity index (χ0) is 43.3. The van der Waals surface area contributed by atoms with Crippen LogP contribution in [0, 0.1) is 0 Å². The zero-order valence-corrected chi connectivity index (χ0v) is 41.5. The van der Waals surface area contributed by atoms with Gasteiger partial charge in [-0.25, -0.2) is 0 Å². The van der Waals surface area contributed by atoms with Gasteiger partial charge < -0.3 is 8.98 Å². The molecule has 0 spiro atoms. The number of furan rings is 1. The van der Waals surface area contributed by atoms with Gasteiger partial charge >= 0.3 is 0 Å². The summed E-state index contributed by atoms with van der Waals surface area (Å²) in [5.41, 5.74) is 5.75. The average molecular weight is 768 g/mol. The molecule has 0 atom stereocenters. The summed E-state index contributed by atoms with van der Waals surface area (Å²) >= 11 is 1.95. The second-order valence-electron chi connectivity index (χ2n) is 15.1. The highest BCUT2D eigenvalue weighted by molar-refractivity contribution is 7.12. The molecule has 0 unspecified atom stereocenters. The number of benzene rings is 1. The molecule has 314 valence electrons. The Morgan fingerprint density at radius 1 is 0.389 bits per heavy atom. The first-order chi connectivity index (χ1) is 25.4. The SMILES string of the molecule is CC.CC.CC.CC.CC(C)c1ccc(C(C)C)n1C.CC(C)c1ccc(C(C)C)o1.CC(C)c1ccc(C(C)C)s1.CC(C)c1cccc(C(C)C)c1. The molecular formula is C51H93NOS. The van der Waals surface area contributed by atoms with E-state index in [2.05, 4.69) is 183 Å². The number of nitrogens with zero attached hydrogens (tertiary/aromatic N) is 1. The molecule has 1 aromatic carbocycles. The topological polar surface area (TPSA) is 18.1 Å². The van der Waals surface area contributed by atoms with Gasteiger partial charge in [-0.05, 0) is 83.0 Å². The third-order valence-electron chi connectivity index (χ3n) is 8.20. The molecule has 0 aliphatic heterocycles. The van der Waals surface area contributed by atoms with Gasteiger partial charge in [-0.3, -0.25) is 0 Å². The summed E-state index contributed by atoms with van der Waals surface area (Å²) in [6.45, 7) is 51.4. The van der Waals surface area contributed by atoms with Gasteiger partial charge in [-0.2, -0.15) is 0 Å². The van der Waals surface area contributed by atoms with E-state index in [1.807, 2.05) is 66.7 Å². The lowest BCUT2D eigenvalue weighted by Crippen LogP contribution is -2.03. The van der Waals surface area contributed by atoms with Gasteiger partial charge in [0, 0.05) is 40.0 Å². The van der Waals surface area contributed by atoms with Crippen molar-refractivity contribution in [3.8, 4) is 0 Å². The van der Waals surface area contributed by atoms with Gasteiger partial charge in [0.25, 0.3) is 0 Å². The molecule has 0 bridgehead atoms. The zero-order valence-electron chi connectivity index (χ0n) is 40.7. The first-order valence-corrected chi connectivity index (χ1v) is 22.6. The Hall–Kier alpha value is -2.52. The molecule has 3 heteroatoms. The van der Waals surface area contributed by atoms with Crippen molar-refractivity contribution in [2.75, 3.05) is 0 Å². The molecular weight excluding hydrogens is 675 g/mol. The van der Waals surface area contributed by atoms with Crippen LogP contribution in [0.5, 0.6) is 0 Å². The van der Waals surface area contributed by atoms with Crippen molar-refractivity contribution in [3.63, 3.8) is 0 Å². The monoisotopic (exact) mass is 768 g/mol. The van der Waals surface area contributed by atoms with Crippen molar-refractivity contribution in [1.29, 1.82) is 0 Å². The Labute approximate surface area is 344 Å². The Kier molecular flexibility index (Phi) is 36.4. The predicted molar refractivity (Wildman–Crippen MR) is 253 cm³/mol. The van der Waals surface area contributed by atoms with Crippen LogP contribution in [0.1, 0.15) is 257 Å². The van der Waals surface area contributed by atoms with Crippen molar-refractivity contribution in [2.24, 2.45) is 7.05 Å². The molecule has 0 amide bonds. The van der Waals surface area contributed by atoms with E-state index in [-0.39, 0.29) is 0 Å². The molecule has 4 rings (SSSR count). The van der Waals surface area contributed by atoms with Gasteiger partial charge in [0.05, 0.1) is 0 Å². The highest BCUT2D eigenvalue weighted by atomic mass is 32.1. The fourth-order valence-corrected chi connectivity index (χ4v) is 5.97. The van der Waals surface area contributed by atoms with Crippen LogP contribution in [0.4, 0.5) is 0 Å². The first kappa shape index (κ1) is 58.2. The van der Waals surface area contributed by atoms with E-state index in [4.69, 9.17) is 4.42 Å². The Bertz CT molecular complexity index is 1230. The molecule has 0 N–H and O–H groups in total. The van der Waals surface area contributed by atoms with Crippen LogP contribution in [0.25, 0.3) is 0 Å². The van der Waals surface area contributed by atoms with E-state index in [1.54, 1.807) is 0 Å². The van der Waals surface area contributed by atoms with E-state index < -0.39 is 0 Å². The van der Waals surface area contributed by atoms with Crippen molar-refractivity contribution in [3.05, 3.63) is 104 Å². The number of rotatable bonds is 8. The highest BCUT2D eigenvalue weighted by Crippen LogP contribution is 2.29. The smallest absolute Gasteiger partial charge is 0.106 e. The van der Waals surface area contributed by atoms with Crippen LogP contribution in [0.15, 0.2) is 65.1 Å². The Morgan fingerprint density at radius 3 is 0.889 bits per heavy atom. The molecule has 2 nitrogen and oxygen atoms in total. The number of aromatic nitrogens is 1. The molecule has 0 aliphatic carbocycles. The van der Waals surface area contributed by atoms with Gasteiger partial charge in [0.2, 0.25) is 0 Å². The largest absolute Gasteiger partial charge is 0.466 e. The summed E-state index contributed by atoms with van der Waals surface area (Å²) in [5, 5.41) is 0. The fourth-order valence-electron chi connectivity index (χ4n) is 4.96. The van der Waals surface area contributed by atoms with E-state index >= 15 is 0 Å². The maximum absolute atomic E-state index is 5.61. The molecule has 4 aromatic rings. The van der Waals surface area contributed by atoms with E-state index in [9.17, 15) is 0 Å². The predicted octanol–water partition coefficient (Wildman–Crippen LogP) is 18.8. The number of hydrogen-bond donors (Lipinski definition) is 0. The Morgan fingerprint density at radius 2 is 0.704 bits per heavy atom. The molecule has 0 fully saturated rings. The third kappa shape index (κ3) is 23.4. The molecule has 0 saturated heterocycles. The summed E-state index contributed by atoms with van der Waals surface area (Å²) in [6, 6.07) is 22.0. The highest BCUT2D eigenvalue weighted by Gasteiger charge is 2.10. The summed E-state index contributed by atoms with van der Waals surface area (Å²) in [5.74, 6) is 7.10. The molecule has 54 heavy (non-hydrogen) atoms. The quantitative estimate of drug-likeness (QED) is 0.175. The lowest BCUT2D eigenvalue weighted by Gasteiger charge is -2.12. The maximum Gasteiger partial charge on any atom is 0.106 e. The van der Waals surface area contributed by atoms with Crippen molar-refractivity contribution in [2.45, 2.75) is 214 Å². The van der Waals surface area contributed by atoms with Crippen LogP contribution in [0.3, 0.4) is 0 Å². The third-order valence-corrected chi connectivity index (χ3v) is 9.88. The summed E-state index contributed by atoms with van der Waals surface area (Å²) < 4.78 is 7.92. The van der Waals surface area contributed by atoms with Crippen molar-refractivity contribution in [1.82, 2.24) is 4.57 Å². The molecule has 3 heterocycles. The lowest BCUT2D eigenvalue weighted by molar-refractivity contribution is 0.432. The van der Waals surface area contributed by atoms with Crippen molar-refractivity contribution >= 4 is 11.3 Å². The molecule has 3 aromatic heterocycles. The number of thiophene rings is 1. The number of hydrogen-bond acceptors (Lipinski definition) is 2. The van der Waals surface area contributed by atoms with Gasteiger partial charge in [-0.15, -0.1) is 11.3 Å². The standard InChI is InChI=1S/C12H18.C11H19N.C10H16O.C10H16S.4C2H6/c1-9(2)11-6-5-7-12(8-11)10(3)4;1-8(2)10-6-7-11(9(3)4)12(10)5;2*1-7(2)9-5-6-10(11-9)8(3)4;4*1-2/h5-10H,1-4H3;6-9H,1-5H3;2*5-8H,1-4H3;4*1-2H3. The molecule has 0 saturated carbocycles. The minimum Gasteiger partial charge on any atom is -0.466 e. The van der Waals surface area contributed by atoms with E-state index in [1.165, 1.54) is 32.3 Å². The van der Waals surface area contributed by atoms with Gasteiger partial charge in [-0.1, -0.05) is 190 Å². The van der Waals surface area contributed by atoms with Gasteiger partial charge in [0.15, 0.2) is 0 Å². The minimum absolute atomic E-state index is 0.502. The minimum atomic E-state index is 0.502. The summed E-state index contributed by atoms with van der Waals surface area (Å²) in [7, 11) is 2.16. The van der Waals surface area contributed by atoms with Crippen LogP contribution in [-0.2, 0) is 7.05 Å². The van der Waals surface area contributed by atoms with Crippen LogP contribution >= 0.6 is 11.3 Å². The van der Waals surface area contributed by atoms with Gasteiger partial charge in [0.1, 0.15) is 11.5 Å². The lowest BCUT2D eigenvalue weighted by atomic mass is 9.96. The van der Waals surface area contributed by atoms with Crippen LogP contribution in [-0.4, -0.2) is 4.57 Å². The fraction of sp³-hybridized carbons (Fsp3) is 0.647. The van der Waals surface area contributed by atoms with Crippen LogP contribution < -0.4 is 0 Å². The first-order valence-electron chi connectivity index (χ1n) is 21.8. The molecule has 0 radical (unpaired) electrons. The maximum atomic E-state index is 5.61. The van der Waals surface area contributed by atoms with Crippen LogP contribution in [0.2, 0.25) is 0 Å². The summed E-state index contributed by atoms with van der Waals surface area (Å²) in [6.07, 6.45) is 0.